The van der Waals surface area contributed by atoms with Crippen LogP contribution in [0, 0.1) is 0 Å². The van der Waals surface area contributed by atoms with Gasteiger partial charge in [0.2, 0.25) is 5.91 Å². The molecule has 1 heterocycles. The third-order valence-corrected chi connectivity index (χ3v) is 5.45. The summed E-state index contributed by atoms with van der Waals surface area (Å²) in [4.78, 5) is 26.0. The summed E-state index contributed by atoms with van der Waals surface area (Å²) in [5.41, 5.74) is 1.58. The van der Waals surface area contributed by atoms with Gasteiger partial charge in [0, 0.05) is 6.54 Å². The Labute approximate surface area is 202 Å². The predicted octanol–water partition coefficient (Wildman–Crippen LogP) is 3.87. The summed E-state index contributed by atoms with van der Waals surface area (Å²) in [5.74, 6) is -1.47. The molecule has 6 nitrogen and oxygen atoms in total. The summed E-state index contributed by atoms with van der Waals surface area (Å²) in [6, 6.07) is 11.4. The van der Waals surface area contributed by atoms with Crippen molar-refractivity contribution in [2.24, 2.45) is 0 Å². The molecular weight excluding hydrogens is 432 g/mol. The number of nitrogens with zero attached hydrogens (tertiary/aromatic N) is 1. The molecular formula is C23H26F3LiN2O4. The molecule has 33 heavy (non-hydrogen) atoms. The third-order valence-electron chi connectivity index (χ3n) is 5.45. The summed E-state index contributed by atoms with van der Waals surface area (Å²) in [6.07, 6.45) is -2.33. The van der Waals surface area contributed by atoms with Crippen LogP contribution in [0.25, 0.3) is 0 Å². The number of likely N-dealkylation sites (tertiary alicyclic amines) is 1. The van der Waals surface area contributed by atoms with Gasteiger partial charge in [0.15, 0.2) is 0 Å². The van der Waals surface area contributed by atoms with Gasteiger partial charge in [0.25, 0.3) is 0 Å². The van der Waals surface area contributed by atoms with Gasteiger partial charge in [-0.1, -0.05) is 30.7 Å². The van der Waals surface area contributed by atoms with E-state index in [1.165, 1.54) is 30.3 Å². The van der Waals surface area contributed by atoms with Gasteiger partial charge in [0.05, 0.1) is 17.6 Å². The average Bonchev–Trinajstić information content (AvgIpc) is 2.73. The van der Waals surface area contributed by atoms with Crippen LogP contribution in [0.15, 0.2) is 48.5 Å². The van der Waals surface area contributed by atoms with Crippen molar-refractivity contribution in [1.82, 2.24) is 10.2 Å². The van der Waals surface area contributed by atoms with Crippen LogP contribution >= 0.6 is 0 Å². The Hall–Kier alpha value is -2.47. The van der Waals surface area contributed by atoms with Crippen molar-refractivity contribution in [3.05, 3.63) is 65.2 Å². The molecule has 1 saturated heterocycles. The van der Waals surface area contributed by atoms with Gasteiger partial charge >= 0.3 is 31.2 Å². The standard InChI is InChI=1S/C23H25F3N2O4.Li.H/c1-15(17-8-10-18(11-9-17)22(30)31)27-21(29)20-7-2-3-12-28(20)14-16-5-4-6-19(13-16)32-23(24,25)26;;/h4-6,8-11,13,15,20H,2-3,7,12,14H2,1H3,(H,27,29)(H,30,31);;/t15-,20+;;/m0../s1. The van der Waals surface area contributed by atoms with Gasteiger partial charge in [-0.05, 0) is 61.7 Å². The second-order valence-electron chi connectivity index (χ2n) is 7.83. The zero-order valence-electron chi connectivity index (χ0n) is 17.6. The van der Waals surface area contributed by atoms with E-state index in [0.29, 0.717) is 25.1 Å². The quantitative estimate of drug-likeness (QED) is 0.616. The second-order valence-corrected chi connectivity index (χ2v) is 7.83. The number of benzene rings is 2. The number of carbonyl (C=O) groups is 2. The maximum atomic E-state index is 13.0. The van der Waals surface area contributed by atoms with Gasteiger partial charge < -0.3 is 15.2 Å². The van der Waals surface area contributed by atoms with Crippen LogP contribution in [0.2, 0.25) is 0 Å². The van der Waals surface area contributed by atoms with E-state index in [9.17, 15) is 22.8 Å². The molecule has 1 aliphatic rings. The van der Waals surface area contributed by atoms with Gasteiger partial charge in [-0.3, -0.25) is 9.69 Å². The molecule has 0 aromatic heterocycles. The van der Waals surface area contributed by atoms with Gasteiger partial charge in [-0.2, -0.15) is 0 Å². The van der Waals surface area contributed by atoms with Crippen LogP contribution in [0.4, 0.5) is 13.2 Å². The molecule has 0 radical (unpaired) electrons. The zero-order valence-corrected chi connectivity index (χ0v) is 17.6. The number of hydrogen-bond acceptors (Lipinski definition) is 4. The Morgan fingerprint density at radius 3 is 2.52 bits per heavy atom. The molecule has 3 rings (SSSR count). The minimum atomic E-state index is -4.76. The normalized spacial score (nSPS) is 17.5. The van der Waals surface area contributed by atoms with Crippen LogP contribution in [0.3, 0.4) is 0 Å². The van der Waals surface area contributed by atoms with E-state index >= 15 is 0 Å². The minimum absolute atomic E-state index is 0. The fourth-order valence-electron chi connectivity index (χ4n) is 3.86. The van der Waals surface area contributed by atoms with Crippen molar-refractivity contribution in [1.29, 1.82) is 0 Å². The van der Waals surface area contributed by atoms with Gasteiger partial charge in [-0.25, -0.2) is 4.79 Å². The summed E-state index contributed by atoms with van der Waals surface area (Å²) in [7, 11) is 0. The monoisotopic (exact) mass is 458 g/mol. The molecule has 1 fully saturated rings. The van der Waals surface area contributed by atoms with Crippen LogP contribution in [0.5, 0.6) is 5.75 Å². The number of alkyl halides is 3. The number of ether oxygens (including phenoxy) is 1. The molecule has 0 spiro atoms. The average molecular weight is 458 g/mol. The van der Waals surface area contributed by atoms with Crippen molar-refractivity contribution in [3.63, 3.8) is 0 Å². The third kappa shape index (κ3) is 7.81. The Morgan fingerprint density at radius 2 is 1.88 bits per heavy atom. The summed E-state index contributed by atoms with van der Waals surface area (Å²) >= 11 is 0. The van der Waals surface area contributed by atoms with Crippen molar-refractivity contribution in [3.8, 4) is 5.75 Å². The number of rotatable bonds is 7. The fraction of sp³-hybridized carbons (Fsp3) is 0.391. The van der Waals surface area contributed by atoms with Gasteiger partial charge in [-0.15, -0.1) is 13.2 Å². The second kappa shape index (κ2) is 11.6. The SMILES string of the molecule is C[C@H](NC(=O)[C@H]1CCCCN1Cc1cccc(OC(F)(F)F)c1)c1ccc(C(=O)O)cc1.[LiH]. The van der Waals surface area contributed by atoms with E-state index < -0.39 is 18.4 Å². The molecule has 0 bridgehead atoms. The first-order valence-electron chi connectivity index (χ1n) is 10.3. The molecule has 2 aromatic carbocycles. The van der Waals surface area contributed by atoms with Crippen LogP contribution in [0.1, 0.15) is 53.7 Å². The molecule has 1 amide bonds. The number of hydrogen-bond donors (Lipinski definition) is 2. The Balaban J connectivity index is 0.00000385. The first kappa shape index (κ1) is 26.8. The number of carbonyl (C=O) groups excluding carboxylic acids is 1. The van der Waals surface area contributed by atoms with Crippen LogP contribution < -0.4 is 10.1 Å². The van der Waals surface area contributed by atoms with E-state index in [-0.39, 0.29) is 42.1 Å². The molecule has 0 unspecified atom stereocenters. The fourth-order valence-corrected chi connectivity index (χ4v) is 3.86. The maximum absolute atomic E-state index is 13.0. The molecule has 2 atom stereocenters. The molecule has 2 aromatic rings. The Bertz CT molecular complexity index is 953. The van der Waals surface area contributed by atoms with Crippen molar-refractivity contribution < 1.29 is 32.6 Å². The van der Waals surface area contributed by atoms with Crippen LogP contribution in [-0.2, 0) is 11.3 Å². The summed E-state index contributed by atoms with van der Waals surface area (Å²) in [5, 5.41) is 12.0. The first-order chi connectivity index (χ1) is 15.1. The number of amides is 1. The summed E-state index contributed by atoms with van der Waals surface area (Å²) < 4.78 is 41.5. The Morgan fingerprint density at radius 1 is 1.18 bits per heavy atom. The van der Waals surface area contributed by atoms with E-state index in [2.05, 4.69) is 10.1 Å². The Kier molecular flexibility index (Phi) is 9.41. The number of aromatic carboxylic acids is 1. The van der Waals surface area contributed by atoms with Crippen LogP contribution in [-0.4, -0.2) is 59.7 Å². The number of nitrogens with one attached hydrogen (secondary N) is 1. The zero-order chi connectivity index (χ0) is 23.3. The predicted molar refractivity (Wildman–Crippen MR) is 118 cm³/mol. The number of carboxylic acid groups (broad SMARTS) is 1. The number of piperidine rings is 1. The van der Waals surface area contributed by atoms with Crippen molar-refractivity contribution in [2.45, 2.75) is 51.2 Å². The topological polar surface area (TPSA) is 78.9 Å². The summed E-state index contributed by atoms with van der Waals surface area (Å²) in [6.45, 7) is 2.80. The molecule has 2 N–H and O–H groups in total. The van der Waals surface area contributed by atoms with E-state index in [1.807, 2.05) is 11.8 Å². The van der Waals surface area contributed by atoms with Crippen molar-refractivity contribution >= 4 is 30.7 Å². The van der Waals surface area contributed by atoms with Gasteiger partial charge in [0.1, 0.15) is 5.75 Å². The molecule has 0 aliphatic carbocycles. The van der Waals surface area contributed by atoms with E-state index in [0.717, 1.165) is 18.4 Å². The van der Waals surface area contributed by atoms with Crippen molar-refractivity contribution in [2.75, 3.05) is 6.54 Å². The van der Waals surface area contributed by atoms with E-state index in [1.54, 1.807) is 18.2 Å². The molecule has 174 valence electrons. The molecule has 0 saturated carbocycles. The molecule has 10 heteroatoms. The number of halogens is 3. The van der Waals surface area contributed by atoms with E-state index in [4.69, 9.17) is 5.11 Å². The first-order valence-corrected chi connectivity index (χ1v) is 10.3. The number of carboxylic acids is 1. The molecule has 1 aliphatic heterocycles.